The first-order valence-electron chi connectivity index (χ1n) is 6.17. The lowest BCUT2D eigenvalue weighted by molar-refractivity contribution is -0.145. The smallest absolute Gasteiger partial charge is 0.481 e. The van der Waals surface area contributed by atoms with Crippen LogP contribution >= 0.6 is 0 Å². The van der Waals surface area contributed by atoms with Crippen molar-refractivity contribution in [3.63, 3.8) is 0 Å². The molecule has 0 aromatic heterocycles. The zero-order valence-corrected chi connectivity index (χ0v) is 11.5. The minimum Gasteiger partial charge on any atom is -0.481 e. The van der Waals surface area contributed by atoms with E-state index in [1.165, 1.54) is 0 Å². The summed E-state index contributed by atoms with van der Waals surface area (Å²) in [7, 11) is 1.16. The molecule has 7 nitrogen and oxygen atoms in total. The lowest BCUT2D eigenvalue weighted by Crippen LogP contribution is -2.25. The average molecular weight is 296 g/mol. The van der Waals surface area contributed by atoms with Crippen LogP contribution < -0.4 is 0 Å². The molecule has 0 amide bonds. The van der Waals surface area contributed by atoms with E-state index < -0.39 is 30.6 Å². The predicted molar refractivity (Wildman–Crippen MR) is 70.4 cm³/mol. The molecule has 7 heteroatoms. The molecule has 0 aliphatic rings. The van der Waals surface area contributed by atoms with Gasteiger partial charge in [0.1, 0.15) is 12.7 Å². The van der Waals surface area contributed by atoms with Crippen molar-refractivity contribution in [2.24, 2.45) is 0 Å². The third-order valence-corrected chi connectivity index (χ3v) is 2.49. The summed E-state index contributed by atoms with van der Waals surface area (Å²) in [5.74, 6) is -1.86. The van der Waals surface area contributed by atoms with Crippen LogP contribution in [0.5, 0.6) is 0 Å². The topological polar surface area (TPSA) is 99.1 Å². The zero-order valence-electron chi connectivity index (χ0n) is 11.5. The highest BCUT2D eigenvalue weighted by molar-refractivity contribution is 5.73. The van der Waals surface area contributed by atoms with E-state index in [0.29, 0.717) is 0 Å². The number of benzene rings is 1. The molecule has 1 aromatic rings. The molecule has 0 heterocycles. The van der Waals surface area contributed by atoms with Gasteiger partial charge in [-0.15, -0.1) is 0 Å². The SMILES string of the molecule is COC(=O)C[C@H](CC(=O)O)OC(=O)OCc1ccccc1. The molecule has 0 aliphatic heterocycles. The van der Waals surface area contributed by atoms with Crippen molar-refractivity contribution in [1.82, 2.24) is 0 Å². The van der Waals surface area contributed by atoms with E-state index in [1.54, 1.807) is 24.3 Å². The largest absolute Gasteiger partial charge is 0.508 e. The Hall–Kier alpha value is -2.57. The van der Waals surface area contributed by atoms with Gasteiger partial charge in [0.2, 0.25) is 0 Å². The van der Waals surface area contributed by atoms with Crippen molar-refractivity contribution < 1.29 is 33.7 Å². The number of carboxylic acids is 1. The first kappa shape index (κ1) is 16.5. The maximum Gasteiger partial charge on any atom is 0.508 e. The molecule has 0 unspecified atom stereocenters. The second-order valence-corrected chi connectivity index (χ2v) is 4.14. The average Bonchev–Trinajstić information content (AvgIpc) is 2.45. The zero-order chi connectivity index (χ0) is 15.7. The van der Waals surface area contributed by atoms with Gasteiger partial charge in [-0.1, -0.05) is 30.3 Å². The molecule has 0 radical (unpaired) electrons. The van der Waals surface area contributed by atoms with Crippen molar-refractivity contribution in [3.05, 3.63) is 35.9 Å². The molecular weight excluding hydrogens is 280 g/mol. The van der Waals surface area contributed by atoms with Gasteiger partial charge >= 0.3 is 18.1 Å². The monoisotopic (exact) mass is 296 g/mol. The van der Waals surface area contributed by atoms with Crippen LogP contribution in [0, 0.1) is 0 Å². The summed E-state index contributed by atoms with van der Waals surface area (Å²) in [5.41, 5.74) is 0.761. The Kier molecular flexibility index (Phi) is 6.73. The summed E-state index contributed by atoms with van der Waals surface area (Å²) in [6.07, 6.45) is -3.01. The molecule has 1 atom stereocenters. The van der Waals surface area contributed by atoms with Gasteiger partial charge in [-0.25, -0.2) is 4.79 Å². The van der Waals surface area contributed by atoms with E-state index in [4.69, 9.17) is 14.6 Å². The number of esters is 1. The van der Waals surface area contributed by atoms with Crippen LogP contribution in [0.4, 0.5) is 4.79 Å². The number of aliphatic carboxylic acids is 1. The molecular formula is C14H16O7. The molecule has 1 N–H and O–H groups in total. The maximum atomic E-state index is 11.5. The molecule has 114 valence electrons. The van der Waals surface area contributed by atoms with E-state index in [1.807, 2.05) is 6.07 Å². The van der Waals surface area contributed by atoms with E-state index in [2.05, 4.69) is 4.74 Å². The lowest BCUT2D eigenvalue weighted by Gasteiger charge is -2.14. The van der Waals surface area contributed by atoms with Crippen LogP contribution in [0.2, 0.25) is 0 Å². The lowest BCUT2D eigenvalue weighted by atomic mass is 10.2. The Bertz CT molecular complexity index is 483. The first-order valence-corrected chi connectivity index (χ1v) is 6.17. The van der Waals surface area contributed by atoms with Gasteiger partial charge in [-0.3, -0.25) is 9.59 Å². The fourth-order valence-electron chi connectivity index (χ4n) is 1.51. The van der Waals surface area contributed by atoms with Gasteiger partial charge in [-0.05, 0) is 5.56 Å². The van der Waals surface area contributed by atoms with Crippen LogP contribution in [0.1, 0.15) is 18.4 Å². The predicted octanol–water partition coefficient (Wildman–Crippen LogP) is 1.75. The van der Waals surface area contributed by atoms with Crippen LogP contribution in [-0.4, -0.2) is 36.4 Å². The summed E-state index contributed by atoms with van der Waals surface area (Å²) in [6.45, 7) is -0.00229. The van der Waals surface area contributed by atoms with Crippen LogP contribution in [0.15, 0.2) is 30.3 Å². The number of rotatable bonds is 7. The van der Waals surface area contributed by atoms with E-state index in [0.717, 1.165) is 12.7 Å². The minimum atomic E-state index is -1.19. The molecule has 0 spiro atoms. The van der Waals surface area contributed by atoms with Gasteiger partial charge in [0.05, 0.1) is 20.0 Å². The Morgan fingerprint density at radius 2 is 1.81 bits per heavy atom. The van der Waals surface area contributed by atoms with Crippen molar-refractivity contribution in [3.8, 4) is 0 Å². The van der Waals surface area contributed by atoms with Gasteiger partial charge in [0.15, 0.2) is 0 Å². The number of methoxy groups -OCH3 is 1. The normalized spacial score (nSPS) is 11.3. The molecule has 1 aromatic carbocycles. The quantitative estimate of drug-likeness (QED) is 0.765. The van der Waals surface area contributed by atoms with Gasteiger partial charge in [-0.2, -0.15) is 0 Å². The summed E-state index contributed by atoms with van der Waals surface area (Å²) in [6, 6.07) is 8.91. The Morgan fingerprint density at radius 1 is 1.14 bits per heavy atom. The number of carboxylic acid groups (broad SMARTS) is 1. The Morgan fingerprint density at radius 3 is 2.38 bits per heavy atom. The first-order chi connectivity index (χ1) is 10.0. The van der Waals surface area contributed by atoms with E-state index in [9.17, 15) is 14.4 Å². The van der Waals surface area contributed by atoms with Gasteiger partial charge < -0.3 is 19.3 Å². The van der Waals surface area contributed by atoms with Crippen molar-refractivity contribution in [2.45, 2.75) is 25.6 Å². The number of hydrogen-bond donors (Lipinski definition) is 1. The number of ether oxygens (including phenoxy) is 3. The van der Waals surface area contributed by atoms with Crippen molar-refractivity contribution >= 4 is 18.1 Å². The fraction of sp³-hybridized carbons (Fsp3) is 0.357. The van der Waals surface area contributed by atoms with Crippen LogP contribution in [-0.2, 0) is 30.4 Å². The number of carbonyl (C=O) groups excluding carboxylic acids is 2. The van der Waals surface area contributed by atoms with Crippen molar-refractivity contribution in [1.29, 1.82) is 0 Å². The standard InChI is InChI=1S/C14H16O7/c1-19-13(17)8-11(7-12(15)16)21-14(18)20-9-10-5-3-2-4-6-10/h2-6,11H,7-9H2,1H3,(H,15,16)/t11-/m0/s1. The molecule has 0 saturated carbocycles. The summed E-state index contributed by atoms with van der Waals surface area (Å²) in [5, 5.41) is 8.71. The Labute approximate surface area is 121 Å². The number of carbonyl (C=O) groups is 3. The van der Waals surface area contributed by atoms with E-state index >= 15 is 0 Å². The highest BCUT2D eigenvalue weighted by atomic mass is 16.7. The third kappa shape index (κ3) is 6.95. The van der Waals surface area contributed by atoms with Gasteiger partial charge in [0, 0.05) is 0 Å². The summed E-state index contributed by atoms with van der Waals surface area (Å²) < 4.78 is 14.1. The fourth-order valence-corrected chi connectivity index (χ4v) is 1.51. The molecule has 0 saturated heterocycles. The number of hydrogen-bond acceptors (Lipinski definition) is 6. The maximum absolute atomic E-state index is 11.5. The molecule has 21 heavy (non-hydrogen) atoms. The Balaban J connectivity index is 2.47. The van der Waals surface area contributed by atoms with Crippen LogP contribution in [0.3, 0.4) is 0 Å². The second kappa shape index (κ2) is 8.57. The highest BCUT2D eigenvalue weighted by Crippen LogP contribution is 2.09. The van der Waals surface area contributed by atoms with Crippen LogP contribution in [0.25, 0.3) is 0 Å². The summed E-state index contributed by atoms with van der Waals surface area (Å²) in [4.78, 5) is 33.3. The molecule has 0 fully saturated rings. The van der Waals surface area contributed by atoms with Gasteiger partial charge in [0.25, 0.3) is 0 Å². The van der Waals surface area contributed by atoms with E-state index in [-0.39, 0.29) is 13.0 Å². The van der Waals surface area contributed by atoms with Crippen molar-refractivity contribution in [2.75, 3.05) is 7.11 Å². The minimum absolute atomic E-state index is 0.00229. The highest BCUT2D eigenvalue weighted by Gasteiger charge is 2.22. The molecule has 1 rings (SSSR count). The third-order valence-electron chi connectivity index (χ3n) is 2.49. The second-order valence-electron chi connectivity index (χ2n) is 4.14. The molecule has 0 bridgehead atoms. The summed E-state index contributed by atoms with van der Waals surface area (Å²) >= 11 is 0. The molecule has 0 aliphatic carbocycles.